The van der Waals surface area contributed by atoms with E-state index in [4.69, 9.17) is 9.47 Å². The number of methoxy groups -OCH3 is 2. The molecule has 10 heteroatoms. The number of sulfonamides is 1. The lowest BCUT2D eigenvalue weighted by Crippen LogP contribution is -2.41. The molecule has 0 atom stereocenters. The summed E-state index contributed by atoms with van der Waals surface area (Å²) in [5.74, 6) is 0.0463. The molecule has 0 aliphatic heterocycles. The van der Waals surface area contributed by atoms with Gasteiger partial charge in [-0.3, -0.25) is 19.1 Å². The molecule has 0 fully saturated rings. The Morgan fingerprint density at radius 1 is 1.16 bits per heavy atom. The summed E-state index contributed by atoms with van der Waals surface area (Å²) in [5, 5.41) is 2.57. The largest absolute Gasteiger partial charge is 0.497 e. The highest BCUT2D eigenvalue weighted by Gasteiger charge is 2.30. The summed E-state index contributed by atoms with van der Waals surface area (Å²) in [6.45, 7) is 2.81. The van der Waals surface area contributed by atoms with Crippen molar-refractivity contribution in [2.45, 2.75) is 4.90 Å². The highest BCUT2D eigenvalue weighted by atomic mass is 32.2. The molecule has 0 spiro atoms. The van der Waals surface area contributed by atoms with E-state index < -0.39 is 22.5 Å². The van der Waals surface area contributed by atoms with Crippen LogP contribution in [0.4, 0.5) is 5.69 Å². The van der Waals surface area contributed by atoms with Crippen LogP contribution in [0.5, 0.6) is 11.5 Å². The van der Waals surface area contributed by atoms with E-state index in [9.17, 15) is 13.2 Å². The lowest BCUT2D eigenvalue weighted by atomic mass is 10.2. The van der Waals surface area contributed by atoms with E-state index >= 15 is 0 Å². The highest BCUT2D eigenvalue weighted by Crippen LogP contribution is 2.35. The Hall–Kier alpha value is -3.66. The van der Waals surface area contributed by atoms with Crippen molar-refractivity contribution in [3.63, 3.8) is 0 Å². The molecule has 0 aliphatic rings. The van der Waals surface area contributed by atoms with Crippen LogP contribution in [0.1, 0.15) is 0 Å². The van der Waals surface area contributed by atoms with Crippen LogP contribution in [0, 0.1) is 0 Å². The second-order valence-electron chi connectivity index (χ2n) is 6.07. The molecule has 0 saturated carbocycles. The molecule has 9 nitrogen and oxygen atoms in total. The summed E-state index contributed by atoms with van der Waals surface area (Å²) in [7, 11) is 0.271. The standard InChI is InChI=1S/C21H24N4O5S/c1-22-13-16(14-23-2)24-21(26)15-25(31(27,28)18-8-6-5-7-9-18)19-12-17(29-3)10-11-20(19)30-4/h5-14H,1,15H2,2-4H3,(H,24,26)/b16-13+,23-14-. The van der Waals surface area contributed by atoms with Crippen molar-refractivity contribution in [1.82, 2.24) is 5.32 Å². The van der Waals surface area contributed by atoms with Gasteiger partial charge in [0.15, 0.2) is 0 Å². The van der Waals surface area contributed by atoms with Crippen LogP contribution in [-0.2, 0) is 14.8 Å². The summed E-state index contributed by atoms with van der Waals surface area (Å²) in [4.78, 5) is 20.2. The topological polar surface area (TPSA) is 110 Å². The smallest absolute Gasteiger partial charge is 0.264 e. The maximum atomic E-state index is 13.5. The van der Waals surface area contributed by atoms with Crippen molar-refractivity contribution in [1.29, 1.82) is 0 Å². The van der Waals surface area contributed by atoms with Gasteiger partial charge >= 0.3 is 0 Å². The molecule has 0 aliphatic carbocycles. The minimum atomic E-state index is -4.12. The fourth-order valence-electron chi connectivity index (χ4n) is 2.68. The number of carbonyl (C=O) groups is 1. The van der Waals surface area contributed by atoms with Gasteiger partial charge in [0, 0.05) is 19.3 Å². The molecule has 164 valence electrons. The van der Waals surface area contributed by atoms with Gasteiger partial charge in [-0.15, -0.1) is 0 Å². The number of amides is 1. The van der Waals surface area contributed by atoms with E-state index in [0.29, 0.717) is 5.75 Å². The van der Waals surface area contributed by atoms with Gasteiger partial charge in [0.1, 0.15) is 18.0 Å². The van der Waals surface area contributed by atoms with E-state index in [1.165, 1.54) is 51.9 Å². The number of hydrogen-bond acceptors (Lipinski definition) is 7. The number of anilines is 1. The van der Waals surface area contributed by atoms with Crippen LogP contribution in [0.25, 0.3) is 0 Å². The number of allylic oxidation sites excluding steroid dienone is 1. The number of nitrogens with one attached hydrogen (secondary N) is 1. The Kier molecular flexibility index (Phi) is 8.33. The maximum Gasteiger partial charge on any atom is 0.264 e. The van der Waals surface area contributed by atoms with Crippen LogP contribution in [0.3, 0.4) is 0 Å². The third-order valence-electron chi connectivity index (χ3n) is 4.06. The van der Waals surface area contributed by atoms with Crippen LogP contribution < -0.4 is 19.1 Å². The van der Waals surface area contributed by atoms with Gasteiger partial charge in [-0.05, 0) is 31.0 Å². The predicted molar refractivity (Wildman–Crippen MR) is 121 cm³/mol. The first-order valence-corrected chi connectivity index (χ1v) is 10.5. The number of hydrogen-bond donors (Lipinski definition) is 1. The summed E-state index contributed by atoms with van der Waals surface area (Å²) < 4.78 is 38.4. The first-order chi connectivity index (χ1) is 14.9. The molecule has 0 unspecified atom stereocenters. The maximum absolute atomic E-state index is 13.5. The fourth-order valence-corrected chi connectivity index (χ4v) is 4.12. The number of ether oxygens (including phenoxy) is 2. The van der Waals surface area contributed by atoms with Crippen LogP contribution >= 0.6 is 0 Å². The second kappa shape index (κ2) is 10.9. The average molecular weight is 445 g/mol. The Morgan fingerprint density at radius 2 is 1.87 bits per heavy atom. The Balaban J connectivity index is 2.56. The third-order valence-corrected chi connectivity index (χ3v) is 5.83. The van der Waals surface area contributed by atoms with Crippen molar-refractivity contribution in [3.05, 3.63) is 60.4 Å². The molecule has 0 heterocycles. The van der Waals surface area contributed by atoms with Gasteiger partial charge in [-0.1, -0.05) is 18.2 Å². The van der Waals surface area contributed by atoms with Crippen molar-refractivity contribution >= 4 is 34.5 Å². The van der Waals surface area contributed by atoms with Crippen LogP contribution in [0.2, 0.25) is 0 Å². The molecule has 2 rings (SSSR count). The molecular weight excluding hydrogens is 420 g/mol. The summed E-state index contributed by atoms with van der Waals surface area (Å²) in [6.07, 6.45) is 2.67. The van der Waals surface area contributed by atoms with E-state index in [0.717, 1.165) is 4.31 Å². The highest BCUT2D eigenvalue weighted by molar-refractivity contribution is 7.92. The molecule has 1 amide bonds. The summed E-state index contributed by atoms with van der Waals surface area (Å²) in [5.41, 5.74) is 0.412. The van der Waals surface area contributed by atoms with E-state index in [1.54, 1.807) is 30.3 Å². The van der Waals surface area contributed by atoms with Crippen LogP contribution in [-0.4, -0.2) is 55.1 Å². The van der Waals surface area contributed by atoms with Gasteiger partial charge in [-0.25, -0.2) is 8.42 Å². The van der Waals surface area contributed by atoms with Gasteiger partial charge in [-0.2, -0.15) is 0 Å². The number of carbonyl (C=O) groups excluding carboxylic acids is 1. The number of nitrogens with zero attached hydrogens (tertiary/aromatic N) is 3. The monoisotopic (exact) mass is 444 g/mol. The molecule has 2 aromatic rings. The molecular formula is C21H24N4O5S. The quantitative estimate of drug-likeness (QED) is 0.565. The molecule has 0 aromatic heterocycles. The zero-order valence-electron chi connectivity index (χ0n) is 17.5. The molecule has 1 N–H and O–H groups in total. The van der Waals surface area contributed by atoms with Crippen molar-refractivity contribution in [2.75, 3.05) is 32.1 Å². The Morgan fingerprint density at radius 3 is 2.45 bits per heavy atom. The molecule has 2 aromatic carbocycles. The zero-order chi connectivity index (χ0) is 22.9. The Bertz CT molecular complexity index is 1080. The van der Waals surface area contributed by atoms with E-state index in [1.807, 2.05) is 0 Å². The number of rotatable bonds is 10. The minimum Gasteiger partial charge on any atom is -0.497 e. The second-order valence-corrected chi connectivity index (χ2v) is 7.93. The van der Waals surface area contributed by atoms with Crippen molar-refractivity contribution < 1.29 is 22.7 Å². The summed E-state index contributed by atoms with van der Waals surface area (Å²) >= 11 is 0. The van der Waals surface area contributed by atoms with Crippen molar-refractivity contribution in [3.8, 4) is 11.5 Å². The van der Waals surface area contributed by atoms with Gasteiger partial charge in [0.05, 0.1) is 36.7 Å². The first-order valence-electron chi connectivity index (χ1n) is 9.05. The molecule has 31 heavy (non-hydrogen) atoms. The zero-order valence-corrected chi connectivity index (χ0v) is 18.3. The lowest BCUT2D eigenvalue weighted by Gasteiger charge is -2.26. The van der Waals surface area contributed by atoms with Gasteiger partial charge < -0.3 is 14.8 Å². The fraction of sp³-hybridized carbons (Fsp3) is 0.190. The van der Waals surface area contributed by atoms with Crippen molar-refractivity contribution in [2.24, 2.45) is 9.98 Å². The SMILES string of the molecule is C=N/C=C(\C=N/C)NC(=O)CN(c1cc(OC)ccc1OC)S(=O)(=O)c1ccccc1. The molecule has 0 radical (unpaired) electrons. The van der Waals surface area contributed by atoms with E-state index in [-0.39, 0.29) is 22.0 Å². The van der Waals surface area contributed by atoms with Gasteiger partial charge in [0.25, 0.3) is 10.0 Å². The Labute approximate surface area is 181 Å². The van der Waals surface area contributed by atoms with E-state index in [2.05, 4.69) is 22.0 Å². The summed E-state index contributed by atoms with van der Waals surface area (Å²) in [6, 6.07) is 12.5. The lowest BCUT2D eigenvalue weighted by molar-refractivity contribution is -0.118. The normalized spacial score (nSPS) is 11.8. The first kappa shape index (κ1) is 23.6. The third kappa shape index (κ3) is 5.92. The predicted octanol–water partition coefficient (Wildman–Crippen LogP) is 2.26. The molecule has 0 saturated heterocycles. The average Bonchev–Trinajstić information content (AvgIpc) is 2.78. The number of benzene rings is 2. The van der Waals surface area contributed by atoms with Gasteiger partial charge in [0.2, 0.25) is 5.91 Å². The van der Waals surface area contributed by atoms with Crippen LogP contribution in [0.15, 0.2) is 75.3 Å². The minimum absolute atomic E-state index is 0.0197. The molecule has 0 bridgehead atoms. The number of aliphatic imine (C=N–C) groups is 2.